The molecule has 7 heteroatoms. The Morgan fingerprint density at radius 2 is 1.06 bits per heavy atom. The minimum absolute atomic E-state index is 0.834. The molecule has 0 fully saturated rings. The molecule has 2 aromatic carbocycles. The third-order valence-electron chi connectivity index (χ3n) is 2.56. The van der Waals surface area contributed by atoms with Gasteiger partial charge in [0.15, 0.2) is 29.1 Å². The van der Waals surface area contributed by atoms with Gasteiger partial charge in [-0.25, -0.2) is 26.3 Å². The second kappa shape index (κ2) is 4.29. The van der Waals surface area contributed by atoms with Crippen LogP contribution in [0.1, 0.15) is 5.56 Å². The van der Waals surface area contributed by atoms with Gasteiger partial charge < -0.3 is 0 Å². The van der Waals surface area contributed by atoms with Crippen LogP contribution in [0, 0.1) is 45.4 Å². The molecule has 0 aliphatic heterocycles. The Balaban J connectivity index is 3.22. The zero-order chi connectivity index (χ0) is 13.8. The van der Waals surface area contributed by atoms with E-state index in [4.69, 9.17) is 0 Å². The van der Waals surface area contributed by atoms with Crippen LogP contribution in [0.15, 0.2) is 0 Å². The maximum atomic E-state index is 13.6. The zero-order valence-electron chi connectivity index (χ0n) is 8.65. The van der Waals surface area contributed by atoms with Crippen LogP contribution in [0.2, 0.25) is 0 Å². The summed E-state index contributed by atoms with van der Waals surface area (Å²) in [5.74, 6) is -9.78. The topological polar surface area (TPSA) is 0 Å². The molecule has 18 heavy (non-hydrogen) atoms. The Hall–Kier alpha value is -0.990. The summed E-state index contributed by atoms with van der Waals surface area (Å²) in [6.07, 6.45) is 0. The van der Waals surface area contributed by atoms with Crippen molar-refractivity contribution in [2.24, 2.45) is 0 Å². The summed E-state index contributed by atoms with van der Waals surface area (Å²) in [5.41, 5.74) is -0.834. The van der Waals surface area contributed by atoms with E-state index in [1.807, 2.05) is 0 Å². The lowest BCUT2D eigenvalue weighted by atomic mass is 10.0. The molecule has 0 N–H and O–H groups in total. The molecule has 0 bridgehead atoms. The van der Waals surface area contributed by atoms with Crippen LogP contribution in [0.3, 0.4) is 0 Å². The Morgan fingerprint density at radius 3 is 1.61 bits per heavy atom. The van der Waals surface area contributed by atoms with Gasteiger partial charge in [-0.05, 0) is 29.5 Å². The smallest absolute Gasteiger partial charge is 0.175 e. The van der Waals surface area contributed by atoms with Crippen molar-refractivity contribution in [1.82, 2.24) is 0 Å². The molecule has 0 aromatic heterocycles. The Labute approximate surface area is 111 Å². The van der Waals surface area contributed by atoms with Crippen LogP contribution in [0.25, 0.3) is 10.8 Å². The van der Waals surface area contributed by atoms with E-state index >= 15 is 0 Å². The van der Waals surface area contributed by atoms with Crippen molar-refractivity contribution in [1.29, 1.82) is 0 Å². The van der Waals surface area contributed by atoms with Crippen LogP contribution < -0.4 is 0 Å². The first-order valence-corrected chi connectivity index (χ1v) is 5.65. The molecule has 0 nitrogen and oxygen atoms in total. The van der Waals surface area contributed by atoms with Crippen molar-refractivity contribution >= 4 is 33.4 Å². The van der Waals surface area contributed by atoms with Crippen LogP contribution >= 0.6 is 22.6 Å². The molecule has 0 spiro atoms. The molecule has 96 valence electrons. The number of rotatable bonds is 0. The number of halogens is 7. The van der Waals surface area contributed by atoms with Gasteiger partial charge in [-0.1, -0.05) is 0 Å². The van der Waals surface area contributed by atoms with Gasteiger partial charge in [-0.3, -0.25) is 0 Å². The van der Waals surface area contributed by atoms with Crippen molar-refractivity contribution in [2.45, 2.75) is 6.92 Å². The highest BCUT2D eigenvalue weighted by Gasteiger charge is 2.27. The second-order valence-electron chi connectivity index (χ2n) is 3.57. The van der Waals surface area contributed by atoms with E-state index in [0.717, 1.165) is 29.5 Å². The summed E-state index contributed by atoms with van der Waals surface area (Å²) in [5, 5.41) is -2.44. The summed E-state index contributed by atoms with van der Waals surface area (Å²) in [7, 11) is 0. The molecule has 0 unspecified atom stereocenters. The van der Waals surface area contributed by atoms with Gasteiger partial charge in [-0.2, -0.15) is 0 Å². The lowest BCUT2D eigenvalue weighted by molar-refractivity contribution is 0.472. The predicted molar refractivity (Wildman–Crippen MR) is 61.1 cm³/mol. The first-order chi connectivity index (χ1) is 8.29. The molecule has 0 atom stereocenters. The normalized spacial score (nSPS) is 11.3. The van der Waals surface area contributed by atoms with Gasteiger partial charge >= 0.3 is 0 Å². The lowest BCUT2D eigenvalue weighted by Crippen LogP contribution is -2.05. The van der Waals surface area contributed by atoms with E-state index in [1.165, 1.54) is 0 Å². The lowest BCUT2D eigenvalue weighted by Gasteiger charge is -2.10. The van der Waals surface area contributed by atoms with E-state index in [2.05, 4.69) is 0 Å². The highest BCUT2D eigenvalue weighted by molar-refractivity contribution is 14.1. The number of hydrogen-bond acceptors (Lipinski definition) is 0. The summed E-state index contributed by atoms with van der Waals surface area (Å²) in [6.45, 7) is 0.848. The molecule has 0 amide bonds. The Kier molecular flexibility index (Phi) is 3.20. The fourth-order valence-electron chi connectivity index (χ4n) is 1.60. The van der Waals surface area contributed by atoms with Crippen molar-refractivity contribution < 1.29 is 26.3 Å². The molecule has 0 saturated carbocycles. The third kappa shape index (κ3) is 1.59. The van der Waals surface area contributed by atoms with Crippen molar-refractivity contribution in [3.63, 3.8) is 0 Å². The second-order valence-corrected chi connectivity index (χ2v) is 4.65. The molecular weight excluding hydrogens is 373 g/mol. The number of fused-ring (bicyclic) bond motifs is 1. The highest BCUT2D eigenvalue weighted by Crippen LogP contribution is 2.34. The Bertz CT molecular complexity index is 567. The highest BCUT2D eigenvalue weighted by atomic mass is 127. The summed E-state index contributed by atoms with van der Waals surface area (Å²) < 4.78 is 79.9. The molecule has 0 radical (unpaired) electrons. The van der Waals surface area contributed by atoms with Crippen LogP contribution in [0.5, 0.6) is 0 Å². The SMILES string of the molecule is Cc1c(F)c(F)c2c(F)c(I)c(F)c(F)c2c1F. The quantitative estimate of drug-likeness (QED) is 0.273. The average molecular weight is 376 g/mol. The minimum atomic E-state index is -1.74. The van der Waals surface area contributed by atoms with Gasteiger partial charge in [0, 0.05) is 5.56 Å². The summed E-state index contributed by atoms with van der Waals surface area (Å²) in [6, 6.07) is 0. The fraction of sp³-hybridized carbons (Fsp3) is 0.0909. The van der Waals surface area contributed by atoms with Gasteiger partial charge in [0.25, 0.3) is 0 Å². The summed E-state index contributed by atoms with van der Waals surface area (Å²) in [4.78, 5) is 0. The molecule has 0 aliphatic rings. The molecule has 2 rings (SSSR count). The van der Waals surface area contributed by atoms with Gasteiger partial charge in [0.05, 0.1) is 14.3 Å². The molecule has 0 aliphatic carbocycles. The monoisotopic (exact) mass is 376 g/mol. The summed E-state index contributed by atoms with van der Waals surface area (Å²) >= 11 is 1.09. The van der Waals surface area contributed by atoms with E-state index in [9.17, 15) is 26.3 Å². The maximum absolute atomic E-state index is 13.6. The number of benzene rings is 2. The first-order valence-electron chi connectivity index (χ1n) is 4.57. The van der Waals surface area contributed by atoms with Gasteiger partial charge in [0.2, 0.25) is 0 Å². The van der Waals surface area contributed by atoms with Crippen LogP contribution in [-0.4, -0.2) is 0 Å². The van der Waals surface area contributed by atoms with Crippen LogP contribution in [0.4, 0.5) is 26.3 Å². The standard InChI is InChI=1S/C11H3F6I/c1-2-5(12)3-4(7(14)6(2)13)9(16)11(18)10(17)8(3)15/h1H3. The maximum Gasteiger partial charge on any atom is 0.175 e. The average Bonchev–Trinajstić information content (AvgIpc) is 2.35. The third-order valence-corrected chi connectivity index (χ3v) is 3.50. The van der Waals surface area contributed by atoms with Crippen molar-refractivity contribution in [3.05, 3.63) is 44.0 Å². The largest absolute Gasteiger partial charge is 0.206 e. The van der Waals surface area contributed by atoms with Gasteiger partial charge in [-0.15, -0.1) is 0 Å². The molecular formula is C11H3F6I. The molecule has 0 saturated heterocycles. The predicted octanol–water partition coefficient (Wildman–Crippen LogP) is 4.59. The Morgan fingerprint density at radius 1 is 0.611 bits per heavy atom. The fourth-order valence-corrected chi connectivity index (χ4v) is 2.11. The van der Waals surface area contributed by atoms with E-state index in [-0.39, 0.29) is 0 Å². The van der Waals surface area contributed by atoms with Gasteiger partial charge in [0.1, 0.15) is 5.82 Å². The minimum Gasteiger partial charge on any atom is -0.206 e. The van der Waals surface area contributed by atoms with E-state index in [0.29, 0.717) is 0 Å². The first kappa shape index (κ1) is 13.4. The van der Waals surface area contributed by atoms with Crippen LogP contribution in [-0.2, 0) is 0 Å². The van der Waals surface area contributed by atoms with E-state index < -0.39 is 54.8 Å². The van der Waals surface area contributed by atoms with Crippen molar-refractivity contribution in [3.8, 4) is 0 Å². The molecule has 0 heterocycles. The van der Waals surface area contributed by atoms with Crippen molar-refractivity contribution in [2.75, 3.05) is 0 Å². The van der Waals surface area contributed by atoms with E-state index in [1.54, 1.807) is 0 Å². The number of hydrogen-bond donors (Lipinski definition) is 0. The molecule has 2 aromatic rings. The zero-order valence-corrected chi connectivity index (χ0v) is 10.8.